The minimum atomic E-state index is -3.28. The monoisotopic (exact) mass is 800 g/mol. The Balaban J connectivity index is 1.21. The molecule has 0 spiro atoms. The van der Waals surface area contributed by atoms with Crippen molar-refractivity contribution in [2.45, 2.75) is 37.5 Å². The third-order valence-electron chi connectivity index (χ3n) is 8.49. The van der Waals surface area contributed by atoms with Crippen LogP contribution in [0.4, 0.5) is 0 Å². The number of carbonyl (C=O) groups is 2. The van der Waals surface area contributed by atoms with Crippen LogP contribution in [0, 0.1) is 6.92 Å². The van der Waals surface area contributed by atoms with Gasteiger partial charge in [0.25, 0.3) is 0 Å². The molecule has 52 heavy (non-hydrogen) atoms. The van der Waals surface area contributed by atoms with E-state index in [9.17, 15) is 28.2 Å². The summed E-state index contributed by atoms with van der Waals surface area (Å²) in [6.45, 7) is 2.08. The smallest absolute Gasteiger partial charge is 0.303 e. The lowest BCUT2D eigenvalue weighted by Gasteiger charge is -2.01. The molecule has 0 aliphatic rings. The number of aryl methyl sites for hydroxylation is 3. The van der Waals surface area contributed by atoms with E-state index in [1.165, 1.54) is 22.3 Å². The highest BCUT2D eigenvalue weighted by Gasteiger charge is 2.21. The lowest BCUT2D eigenvalue weighted by molar-refractivity contribution is -0.138. The summed E-state index contributed by atoms with van der Waals surface area (Å²) in [4.78, 5) is 34.2. The number of rotatable bonds is 13. The molecule has 5 heterocycles. The standard InChI is InChI=1S/C40H32O6S6/c1-23-3-5-24(6-4-23)29-13-15-31(47-29)35-21-26(9-19-37(41)42)39(50-35)33-17-18-34(49-33)40-27(10-20-38(43)44)22-36(51-40)32-16-14-30(48-32)25-7-11-28(12-8-25)52(2,45)46/h3-8,11-18,21-22H,9-10,19-20H2,1-2H3,(H,41,42)(H,43,44). The number of benzene rings is 2. The molecule has 0 aliphatic carbocycles. The largest absolute Gasteiger partial charge is 0.481 e. The molecule has 0 aliphatic heterocycles. The molecule has 7 aromatic rings. The minimum absolute atomic E-state index is 0.0167. The van der Waals surface area contributed by atoms with Crippen LogP contribution >= 0.6 is 56.7 Å². The Bertz CT molecular complexity index is 2510. The third-order valence-corrected chi connectivity index (χ3v) is 16.1. The van der Waals surface area contributed by atoms with Crippen LogP contribution in [-0.2, 0) is 32.3 Å². The second kappa shape index (κ2) is 15.1. The van der Waals surface area contributed by atoms with Crippen LogP contribution in [0.1, 0.15) is 29.5 Å². The highest BCUT2D eigenvalue weighted by molar-refractivity contribution is 7.90. The summed E-state index contributed by atoms with van der Waals surface area (Å²) in [7, 11) is -3.28. The van der Waals surface area contributed by atoms with Crippen molar-refractivity contribution in [3.8, 4) is 59.9 Å². The second-order valence-corrected chi connectivity index (χ2v) is 19.7. The van der Waals surface area contributed by atoms with Crippen LogP contribution in [0.2, 0.25) is 0 Å². The van der Waals surface area contributed by atoms with Gasteiger partial charge in [0, 0.05) is 67.9 Å². The summed E-state index contributed by atoms with van der Waals surface area (Å²) in [6.07, 6.45) is 2.08. The normalized spacial score (nSPS) is 11.7. The fourth-order valence-corrected chi connectivity index (χ4v) is 12.3. The van der Waals surface area contributed by atoms with E-state index in [0.717, 1.165) is 60.6 Å². The average molecular weight is 801 g/mol. The molecular formula is C40H32O6S6. The van der Waals surface area contributed by atoms with Gasteiger partial charge in [0.15, 0.2) is 9.84 Å². The predicted octanol–water partition coefficient (Wildman–Crippen LogP) is 11.7. The number of thiophene rings is 5. The number of hydrogen-bond acceptors (Lipinski definition) is 9. The molecule has 6 nitrogen and oxygen atoms in total. The topological polar surface area (TPSA) is 109 Å². The molecule has 7 rings (SSSR count). The van der Waals surface area contributed by atoms with E-state index in [2.05, 4.69) is 73.7 Å². The van der Waals surface area contributed by atoms with E-state index in [1.54, 1.807) is 68.8 Å². The Labute approximate surface area is 321 Å². The molecule has 12 heteroatoms. The maximum atomic E-state index is 11.9. The van der Waals surface area contributed by atoms with Gasteiger partial charge < -0.3 is 10.2 Å². The van der Waals surface area contributed by atoms with E-state index in [1.807, 2.05) is 18.2 Å². The van der Waals surface area contributed by atoms with E-state index in [4.69, 9.17) is 0 Å². The van der Waals surface area contributed by atoms with Crippen molar-refractivity contribution in [3.63, 3.8) is 0 Å². The molecule has 0 amide bonds. The van der Waals surface area contributed by atoms with Crippen LogP contribution in [0.15, 0.2) is 102 Å². The molecule has 0 fully saturated rings. The number of sulfone groups is 1. The maximum absolute atomic E-state index is 11.9. The summed E-state index contributed by atoms with van der Waals surface area (Å²) >= 11 is 8.30. The van der Waals surface area contributed by atoms with Crippen LogP contribution in [-0.4, -0.2) is 36.8 Å². The van der Waals surface area contributed by atoms with Crippen LogP contribution in [0.25, 0.3) is 59.9 Å². The lowest BCUT2D eigenvalue weighted by Crippen LogP contribution is -1.97. The Hall–Kier alpha value is -4.17. The summed E-state index contributed by atoms with van der Waals surface area (Å²) in [6, 6.07) is 32.1. The quantitative estimate of drug-likeness (QED) is 0.120. The third kappa shape index (κ3) is 8.07. The summed E-state index contributed by atoms with van der Waals surface area (Å²) in [5.41, 5.74) is 5.30. The molecule has 264 valence electrons. The van der Waals surface area contributed by atoms with Gasteiger partial charge in [0.05, 0.1) is 4.90 Å². The Morgan fingerprint density at radius 1 is 0.519 bits per heavy atom. The van der Waals surface area contributed by atoms with Gasteiger partial charge in [0.2, 0.25) is 0 Å². The summed E-state index contributed by atoms with van der Waals surface area (Å²) < 4.78 is 23.9. The SMILES string of the molecule is Cc1ccc(-c2ccc(-c3cc(CCC(=O)O)c(-c4ccc(-c5sc(-c6ccc(-c7ccc(S(C)(=O)=O)cc7)s6)cc5CCC(=O)O)s4)s3)s2)cc1. The van der Waals surface area contributed by atoms with Crippen LogP contribution < -0.4 is 0 Å². The molecule has 0 bridgehead atoms. The predicted molar refractivity (Wildman–Crippen MR) is 218 cm³/mol. The fraction of sp³-hybridized carbons (Fsp3) is 0.150. The van der Waals surface area contributed by atoms with E-state index < -0.39 is 21.8 Å². The van der Waals surface area contributed by atoms with Crippen LogP contribution in [0.5, 0.6) is 0 Å². The molecule has 0 saturated carbocycles. The molecule has 0 unspecified atom stereocenters. The van der Waals surface area contributed by atoms with Gasteiger partial charge in [-0.25, -0.2) is 8.42 Å². The number of aliphatic carboxylic acids is 2. The van der Waals surface area contributed by atoms with Crippen LogP contribution in [0.3, 0.4) is 0 Å². The van der Waals surface area contributed by atoms with Gasteiger partial charge in [-0.05, 0) is 103 Å². The number of carboxylic acid groups (broad SMARTS) is 2. The molecule has 2 aromatic carbocycles. The summed E-state index contributed by atoms with van der Waals surface area (Å²) in [5.74, 6) is -1.69. The minimum Gasteiger partial charge on any atom is -0.481 e. The highest BCUT2D eigenvalue weighted by Crippen LogP contribution is 2.49. The Morgan fingerprint density at radius 2 is 0.904 bits per heavy atom. The van der Waals surface area contributed by atoms with Gasteiger partial charge in [0.1, 0.15) is 0 Å². The molecule has 0 saturated heterocycles. The van der Waals surface area contributed by atoms with Crippen molar-refractivity contribution in [1.82, 2.24) is 0 Å². The highest BCUT2D eigenvalue weighted by atomic mass is 32.2. The second-order valence-electron chi connectivity index (χ2n) is 12.4. The molecule has 0 radical (unpaired) electrons. The van der Waals surface area contributed by atoms with Crippen molar-refractivity contribution in [3.05, 3.63) is 114 Å². The molecule has 0 atom stereocenters. The molecule has 5 aromatic heterocycles. The van der Waals surface area contributed by atoms with Gasteiger partial charge in [-0.2, -0.15) is 0 Å². The first-order valence-corrected chi connectivity index (χ1v) is 22.3. The van der Waals surface area contributed by atoms with Crippen molar-refractivity contribution in [2.75, 3.05) is 6.26 Å². The average Bonchev–Trinajstić information content (AvgIpc) is 3.95. The number of hydrogen-bond donors (Lipinski definition) is 2. The molecule has 2 N–H and O–H groups in total. The Morgan fingerprint density at radius 3 is 1.33 bits per heavy atom. The zero-order valence-corrected chi connectivity index (χ0v) is 32.9. The zero-order chi connectivity index (χ0) is 36.6. The fourth-order valence-electron chi connectivity index (χ4n) is 5.79. The van der Waals surface area contributed by atoms with Gasteiger partial charge in [-0.3, -0.25) is 9.59 Å². The Kier molecular flexibility index (Phi) is 10.5. The first kappa shape index (κ1) is 36.2. The number of carboxylic acids is 2. The van der Waals surface area contributed by atoms with Crippen molar-refractivity contribution in [2.24, 2.45) is 0 Å². The first-order valence-electron chi connectivity index (χ1n) is 16.3. The van der Waals surface area contributed by atoms with Gasteiger partial charge in [-0.15, -0.1) is 56.7 Å². The first-order chi connectivity index (χ1) is 24.9. The lowest BCUT2D eigenvalue weighted by atomic mass is 10.1. The van der Waals surface area contributed by atoms with Crippen molar-refractivity contribution < 1.29 is 28.2 Å². The van der Waals surface area contributed by atoms with Crippen molar-refractivity contribution in [1.29, 1.82) is 0 Å². The summed E-state index contributed by atoms with van der Waals surface area (Å²) in [5, 5.41) is 19.1. The molecular weight excluding hydrogens is 769 g/mol. The van der Waals surface area contributed by atoms with E-state index in [0.29, 0.717) is 12.8 Å². The van der Waals surface area contributed by atoms with Crippen molar-refractivity contribution >= 4 is 78.5 Å². The van der Waals surface area contributed by atoms with Gasteiger partial charge >= 0.3 is 11.9 Å². The van der Waals surface area contributed by atoms with E-state index in [-0.39, 0.29) is 17.7 Å². The van der Waals surface area contributed by atoms with Gasteiger partial charge in [-0.1, -0.05) is 42.0 Å². The maximum Gasteiger partial charge on any atom is 0.303 e. The van der Waals surface area contributed by atoms with E-state index >= 15 is 0 Å². The zero-order valence-electron chi connectivity index (χ0n) is 28.0.